The number of H-pyrrole nitrogens is 1. The number of hydrogen-bond acceptors (Lipinski definition) is 5. The molecule has 1 aromatic heterocycles. The van der Waals surface area contributed by atoms with Crippen molar-refractivity contribution >= 4 is 0 Å². The maximum absolute atomic E-state index is 12.7. The van der Waals surface area contributed by atoms with Gasteiger partial charge in [0.1, 0.15) is 11.5 Å². The molecule has 7 nitrogen and oxygen atoms in total. The van der Waals surface area contributed by atoms with Crippen molar-refractivity contribution in [1.82, 2.24) is 14.9 Å². The molecule has 2 aromatic rings. The molecule has 0 amide bonds. The molecule has 1 aromatic carbocycles. The van der Waals surface area contributed by atoms with Crippen molar-refractivity contribution in [2.75, 3.05) is 31.3 Å². The van der Waals surface area contributed by atoms with Crippen LogP contribution in [0, 0.1) is 0 Å². The van der Waals surface area contributed by atoms with Gasteiger partial charge in [-0.3, -0.25) is 0 Å². The first-order chi connectivity index (χ1) is 15.1. The van der Waals surface area contributed by atoms with Crippen molar-refractivity contribution < 1.29 is 9.47 Å². The van der Waals surface area contributed by atoms with Gasteiger partial charge in [-0.15, -0.1) is 0 Å². The van der Waals surface area contributed by atoms with Crippen LogP contribution in [0.25, 0.3) is 11.4 Å². The molecule has 31 heavy (non-hydrogen) atoms. The van der Waals surface area contributed by atoms with E-state index in [1.54, 1.807) is 4.68 Å². The summed E-state index contributed by atoms with van der Waals surface area (Å²) in [5, 5.41) is 9.18. The van der Waals surface area contributed by atoms with E-state index >= 15 is 0 Å². The highest BCUT2D eigenvalue weighted by molar-refractivity contribution is 5.68. The minimum atomic E-state index is -0.203. The molecule has 0 bridgehead atoms. The standard InChI is InChI=1S/C24H38N4O3/c1-5-7-14-30-21-17-22(31-15-8-6-2)20(16-19(21)18(3)4)23-25-26-24(29)28(23)27-12-10-9-11-13-27/h16-18H,5-15H2,1-4H3,(H,26,29). The Balaban J connectivity index is 2.07. The van der Waals surface area contributed by atoms with E-state index in [4.69, 9.17) is 9.47 Å². The second-order valence-electron chi connectivity index (χ2n) is 8.62. The molecule has 3 rings (SSSR count). The first-order valence-corrected chi connectivity index (χ1v) is 11.9. The third kappa shape index (κ3) is 5.63. The maximum atomic E-state index is 12.7. The number of aromatic amines is 1. The lowest BCUT2D eigenvalue weighted by molar-refractivity contribution is 0.292. The summed E-state index contributed by atoms with van der Waals surface area (Å²) < 4.78 is 14.0. The summed E-state index contributed by atoms with van der Waals surface area (Å²) in [6, 6.07) is 4.10. The predicted octanol–water partition coefficient (Wildman–Crippen LogP) is 4.84. The largest absolute Gasteiger partial charge is 0.493 e. The van der Waals surface area contributed by atoms with E-state index in [0.717, 1.165) is 74.2 Å². The number of piperidine rings is 1. The molecule has 7 heteroatoms. The van der Waals surface area contributed by atoms with Gasteiger partial charge >= 0.3 is 5.69 Å². The molecule has 1 aliphatic rings. The first-order valence-electron chi connectivity index (χ1n) is 11.9. The van der Waals surface area contributed by atoms with Gasteiger partial charge < -0.3 is 14.5 Å². The third-order valence-corrected chi connectivity index (χ3v) is 5.75. The van der Waals surface area contributed by atoms with Crippen molar-refractivity contribution in [1.29, 1.82) is 0 Å². The fourth-order valence-electron chi connectivity index (χ4n) is 3.91. The Morgan fingerprint density at radius 1 is 1.00 bits per heavy atom. The van der Waals surface area contributed by atoms with Crippen LogP contribution >= 0.6 is 0 Å². The minimum absolute atomic E-state index is 0.203. The Morgan fingerprint density at radius 2 is 1.65 bits per heavy atom. The number of unbranched alkanes of at least 4 members (excludes halogenated alkanes) is 2. The van der Waals surface area contributed by atoms with Gasteiger partial charge in [0.05, 0.1) is 18.8 Å². The Labute approximate surface area is 185 Å². The molecule has 1 aliphatic heterocycles. The Kier molecular flexibility index (Phi) is 8.43. The van der Waals surface area contributed by atoms with Crippen molar-refractivity contribution in [2.45, 2.75) is 78.6 Å². The van der Waals surface area contributed by atoms with Crippen LogP contribution < -0.4 is 20.2 Å². The van der Waals surface area contributed by atoms with Gasteiger partial charge in [-0.05, 0) is 49.7 Å². The number of ether oxygens (including phenoxy) is 2. The zero-order valence-corrected chi connectivity index (χ0v) is 19.6. The molecule has 0 radical (unpaired) electrons. The van der Waals surface area contributed by atoms with Crippen molar-refractivity contribution in [3.63, 3.8) is 0 Å². The SMILES string of the molecule is CCCCOc1cc(OCCCC)c(C(C)C)cc1-c1n[nH]c(=O)n1N1CCCCC1. The van der Waals surface area contributed by atoms with Crippen LogP contribution in [-0.2, 0) is 0 Å². The second-order valence-corrected chi connectivity index (χ2v) is 8.62. The average Bonchev–Trinajstić information content (AvgIpc) is 3.15. The highest BCUT2D eigenvalue weighted by Crippen LogP contribution is 2.38. The number of nitrogens with one attached hydrogen (secondary N) is 1. The van der Waals surface area contributed by atoms with Gasteiger partial charge in [-0.1, -0.05) is 40.5 Å². The lowest BCUT2D eigenvalue weighted by Gasteiger charge is -2.29. The van der Waals surface area contributed by atoms with Gasteiger partial charge in [-0.2, -0.15) is 9.77 Å². The minimum Gasteiger partial charge on any atom is -0.493 e. The lowest BCUT2D eigenvalue weighted by atomic mass is 9.98. The fourth-order valence-corrected chi connectivity index (χ4v) is 3.91. The fraction of sp³-hybridized carbons (Fsp3) is 0.667. The van der Waals surface area contributed by atoms with Gasteiger partial charge in [0, 0.05) is 19.2 Å². The monoisotopic (exact) mass is 430 g/mol. The normalized spacial score (nSPS) is 14.3. The van der Waals surface area contributed by atoms with Crippen LogP contribution in [0.4, 0.5) is 0 Å². The second kappa shape index (κ2) is 11.3. The number of rotatable bonds is 11. The lowest BCUT2D eigenvalue weighted by Crippen LogP contribution is -2.44. The summed E-state index contributed by atoms with van der Waals surface area (Å²) in [4.78, 5) is 12.7. The summed E-state index contributed by atoms with van der Waals surface area (Å²) in [7, 11) is 0. The number of nitrogens with zero attached hydrogens (tertiary/aromatic N) is 3. The van der Waals surface area contributed by atoms with Gasteiger partial charge in [0.25, 0.3) is 0 Å². The van der Waals surface area contributed by atoms with Gasteiger partial charge in [0.2, 0.25) is 0 Å². The molecule has 1 N–H and O–H groups in total. The molecule has 0 spiro atoms. The first kappa shape index (κ1) is 23.2. The summed E-state index contributed by atoms with van der Waals surface area (Å²) in [6.07, 6.45) is 7.49. The Bertz CT molecular complexity index is 881. The molecule has 1 fully saturated rings. The third-order valence-electron chi connectivity index (χ3n) is 5.75. The molecule has 1 saturated heterocycles. The molecule has 0 aliphatic carbocycles. The zero-order valence-electron chi connectivity index (χ0n) is 19.6. The van der Waals surface area contributed by atoms with E-state index in [0.29, 0.717) is 19.0 Å². The van der Waals surface area contributed by atoms with Crippen LogP contribution in [-0.4, -0.2) is 41.2 Å². The van der Waals surface area contributed by atoms with E-state index in [2.05, 4.69) is 49.0 Å². The molecular formula is C24H38N4O3. The van der Waals surface area contributed by atoms with Gasteiger partial charge in [-0.25, -0.2) is 9.89 Å². The quantitative estimate of drug-likeness (QED) is 0.516. The predicted molar refractivity (Wildman–Crippen MR) is 125 cm³/mol. The van der Waals surface area contributed by atoms with E-state index in [9.17, 15) is 4.79 Å². The maximum Gasteiger partial charge on any atom is 0.362 e. The summed E-state index contributed by atoms with van der Waals surface area (Å²) in [5.41, 5.74) is 1.74. The topological polar surface area (TPSA) is 72.4 Å². The average molecular weight is 431 g/mol. The molecule has 0 atom stereocenters. The highest BCUT2D eigenvalue weighted by Gasteiger charge is 2.24. The van der Waals surface area contributed by atoms with Crippen molar-refractivity contribution in [3.05, 3.63) is 28.2 Å². The summed E-state index contributed by atoms with van der Waals surface area (Å²) in [5.74, 6) is 2.47. The number of aromatic nitrogens is 3. The molecule has 172 valence electrons. The van der Waals surface area contributed by atoms with Crippen LogP contribution in [0.15, 0.2) is 16.9 Å². The number of benzene rings is 1. The zero-order chi connectivity index (χ0) is 22.2. The van der Waals surface area contributed by atoms with Crippen LogP contribution in [0.3, 0.4) is 0 Å². The van der Waals surface area contributed by atoms with Crippen molar-refractivity contribution in [2.24, 2.45) is 0 Å². The smallest absolute Gasteiger partial charge is 0.362 e. The summed E-state index contributed by atoms with van der Waals surface area (Å²) in [6.45, 7) is 11.6. The molecule has 2 heterocycles. The highest BCUT2D eigenvalue weighted by atomic mass is 16.5. The van der Waals surface area contributed by atoms with Crippen LogP contribution in [0.5, 0.6) is 11.5 Å². The molecule has 0 saturated carbocycles. The summed E-state index contributed by atoms with van der Waals surface area (Å²) >= 11 is 0. The Morgan fingerprint density at radius 3 is 2.26 bits per heavy atom. The van der Waals surface area contributed by atoms with Crippen LogP contribution in [0.2, 0.25) is 0 Å². The molecule has 0 unspecified atom stereocenters. The van der Waals surface area contributed by atoms with Gasteiger partial charge in [0.15, 0.2) is 5.82 Å². The van der Waals surface area contributed by atoms with E-state index in [1.807, 2.05) is 6.07 Å². The van der Waals surface area contributed by atoms with E-state index in [-0.39, 0.29) is 11.6 Å². The molecular weight excluding hydrogens is 392 g/mol. The van der Waals surface area contributed by atoms with E-state index < -0.39 is 0 Å². The van der Waals surface area contributed by atoms with Crippen molar-refractivity contribution in [3.8, 4) is 22.9 Å². The van der Waals surface area contributed by atoms with Crippen LogP contribution in [0.1, 0.15) is 84.1 Å². The Hall–Kier alpha value is -2.44. The number of hydrogen-bond donors (Lipinski definition) is 1. The van der Waals surface area contributed by atoms with E-state index in [1.165, 1.54) is 6.42 Å².